The standard InChI is InChI=1S/C14H19N3O4S/c1-12-6-7-13(10-16-12)21-9-5-4-8-15-14(18)11-17(2)22(3,19)20/h6-7,10H,8-9,11H2,1-3H3,(H,15,18). The van der Waals surface area contributed by atoms with Crippen molar-refractivity contribution in [3.05, 3.63) is 24.0 Å². The third-order valence-corrected chi connectivity index (χ3v) is 3.89. The Morgan fingerprint density at radius 1 is 1.41 bits per heavy atom. The molecule has 0 bridgehead atoms. The molecule has 1 aromatic heterocycles. The number of aromatic nitrogens is 1. The van der Waals surface area contributed by atoms with Crippen molar-refractivity contribution in [3.8, 4) is 17.6 Å². The Morgan fingerprint density at radius 2 is 2.14 bits per heavy atom. The van der Waals surface area contributed by atoms with Crippen molar-refractivity contribution in [2.24, 2.45) is 0 Å². The molecule has 22 heavy (non-hydrogen) atoms. The van der Waals surface area contributed by atoms with Gasteiger partial charge >= 0.3 is 0 Å². The highest BCUT2D eigenvalue weighted by Crippen LogP contribution is 2.07. The number of amides is 1. The van der Waals surface area contributed by atoms with Gasteiger partial charge in [0.2, 0.25) is 15.9 Å². The van der Waals surface area contributed by atoms with E-state index >= 15 is 0 Å². The molecule has 0 saturated carbocycles. The van der Waals surface area contributed by atoms with Crippen molar-refractivity contribution < 1.29 is 17.9 Å². The molecule has 7 nitrogen and oxygen atoms in total. The van der Waals surface area contributed by atoms with Gasteiger partial charge in [0, 0.05) is 12.7 Å². The number of hydrogen-bond donors (Lipinski definition) is 1. The van der Waals surface area contributed by atoms with Gasteiger partial charge in [-0.1, -0.05) is 11.8 Å². The van der Waals surface area contributed by atoms with Crippen LogP contribution < -0.4 is 10.1 Å². The summed E-state index contributed by atoms with van der Waals surface area (Å²) in [5.41, 5.74) is 0.903. The summed E-state index contributed by atoms with van der Waals surface area (Å²) in [6.45, 7) is 1.97. The molecule has 120 valence electrons. The van der Waals surface area contributed by atoms with E-state index in [1.165, 1.54) is 7.05 Å². The Labute approximate surface area is 130 Å². The molecule has 1 rings (SSSR count). The molecule has 0 radical (unpaired) electrons. The Balaban J connectivity index is 2.25. The van der Waals surface area contributed by atoms with Gasteiger partial charge in [-0.05, 0) is 19.1 Å². The number of aryl methyl sites for hydroxylation is 1. The first-order valence-electron chi connectivity index (χ1n) is 6.48. The summed E-state index contributed by atoms with van der Waals surface area (Å²) in [7, 11) is -2.02. The maximum absolute atomic E-state index is 11.5. The molecule has 8 heteroatoms. The molecular weight excluding hydrogens is 306 g/mol. The van der Waals surface area contributed by atoms with Gasteiger partial charge < -0.3 is 10.1 Å². The van der Waals surface area contributed by atoms with Gasteiger partial charge in [-0.2, -0.15) is 4.31 Å². The predicted molar refractivity (Wildman–Crippen MR) is 82.7 cm³/mol. The Kier molecular flexibility index (Phi) is 6.82. The van der Waals surface area contributed by atoms with Gasteiger partial charge in [0.15, 0.2) is 0 Å². The zero-order valence-corrected chi connectivity index (χ0v) is 13.6. The zero-order valence-electron chi connectivity index (χ0n) is 12.8. The van der Waals surface area contributed by atoms with Crippen molar-refractivity contribution in [1.29, 1.82) is 0 Å². The van der Waals surface area contributed by atoms with Gasteiger partial charge in [-0.25, -0.2) is 8.42 Å². The molecule has 0 aliphatic heterocycles. The number of pyridine rings is 1. The second-order valence-corrected chi connectivity index (χ2v) is 6.66. The number of likely N-dealkylation sites (N-methyl/N-ethyl adjacent to an activating group) is 1. The fraction of sp³-hybridized carbons (Fsp3) is 0.429. The summed E-state index contributed by atoms with van der Waals surface area (Å²) < 4.78 is 28.6. The van der Waals surface area contributed by atoms with Crippen molar-refractivity contribution in [1.82, 2.24) is 14.6 Å². The number of nitrogens with zero attached hydrogens (tertiary/aromatic N) is 2. The summed E-state index contributed by atoms with van der Waals surface area (Å²) in [5, 5.41) is 2.51. The number of hydrogen-bond acceptors (Lipinski definition) is 5. The van der Waals surface area contributed by atoms with Crippen LogP contribution in [0.4, 0.5) is 0 Å². The van der Waals surface area contributed by atoms with Gasteiger partial charge in [-0.3, -0.25) is 9.78 Å². The Morgan fingerprint density at radius 3 is 2.73 bits per heavy atom. The maximum atomic E-state index is 11.5. The number of carbonyl (C=O) groups excluding carboxylic acids is 1. The summed E-state index contributed by atoms with van der Waals surface area (Å²) in [6.07, 6.45) is 2.65. The first kappa shape index (κ1) is 17.9. The van der Waals surface area contributed by atoms with Crippen molar-refractivity contribution >= 4 is 15.9 Å². The van der Waals surface area contributed by atoms with Crippen LogP contribution in [0.3, 0.4) is 0 Å². The molecule has 1 N–H and O–H groups in total. The number of carbonyl (C=O) groups is 1. The monoisotopic (exact) mass is 325 g/mol. The van der Waals surface area contributed by atoms with Crippen LogP contribution in [0.1, 0.15) is 5.69 Å². The first-order valence-corrected chi connectivity index (χ1v) is 8.33. The molecule has 1 heterocycles. The number of sulfonamides is 1. The van der Waals surface area contributed by atoms with Crippen LogP contribution in [0, 0.1) is 18.8 Å². The molecule has 0 spiro atoms. The minimum absolute atomic E-state index is 0.131. The highest BCUT2D eigenvalue weighted by Gasteiger charge is 2.14. The minimum Gasteiger partial charge on any atom is -0.479 e. The van der Waals surface area contributed by atoms with Crippen LogP contribution in [0.5, 0.6) is 5.75 Å². The lowest BCUT2D eigenvalue weighted by molar-refractivity contribution is -0.120. The van der Waals surface area contributed by atoms with Gasteiger partial charge in [-0.15, -0.1) is 0 Å². The second kappa shape index (κ2) is 8.36. The van der Waals surface area contributed by atoms with E-state index < -0.39 is 15.9 Å². The number of ether oxygens (including phenoxy) is 1. The van der Waals surface area contributed by atoms with E-state index in [-0.39, 0.29) is 19.7 Å². The van der Waals surface area contributed by atoms with Crippen LogP contribution in [-0.4, -0.2) is 56.6 Å². The molecule has 0 unspecified atom stereocenters. The van der Waals surface area contributed by atoms with E-state index in [1.807, 2.05) is 13.0 Å². The summed E-state index contributed by atoms with van der Waals surface area (Å²) in [6, 6.07) is 3.63. The van der Waals surface area contributed by atoms with Crippen molar-refractivity contribution in [2.45, 2.75) is 6.92 Å². The fourth-order valence-electron chi connectivity index (χ4n) is 1.29. The molecule has 0 aromatic carbocycles. The average molecular weight is 325 g/mol. The van der Waals surface area contributed by atoms with E-state index in [2.05, 4.69) is 22.1 Å². The Hall–Kier alpha value is -2.11. The highest BCUT2D eigenvalue weighted by atomic mass is 32.2. The first-order chi connectivity index (χ1) is 10.3. The summed E-state index contributed by atoms with van der Waals surface area (Å²) >= 11 is 0. The molecule has 0 fully saturated rings. The Bertz CT molecular complexity index is 660. The molecule has 0 saturated heterocycles. The number of rotatable bonds is 6. The molecule has 0 aliphatic carbocycles. The quantitative estimate of drug-likeness (QED) is 0.731. The molecular formula is C14H19N3O4S. The lowest BCUT2D eigenvalue weighted by Crippen LogP contribution is -2.37. The number of nitrogens with one attached hydrogen (secondary N) is 1. The average Bonchev–Trinajstić information content (AvgIpc) is 2.43. The van der Waals surface area contributed by atoms with E-state index in [0.29, 0.717) is 5.75 Å². The van der Waals surface area contributed by atoms with Crippen LogP contribution in [-0.2, 0) is 14.8 Å². The highest BCUT2D eigenvalue weighted by molar-refractivity contribution is 7.88. The lowest BCUT2D eigenvalue weighted by Gasteiger charge is -2.12. The topological polar surface area (TPSA) is 88.6 Å². The third-order valence-electron chi connectivity index (χ3n) is 2.63. The lowest BCUT2D eigenvalue weighted by atomic mass is 10.4. The predicted octanol–water partition coefficient (Wildman–Crippen LogP) is -0.220. The smallest absolute Gasteiger partial charge is 0.236 e. The summed E-state index contributed by atoms with van der Waals surface area (Å²) in [5.74, 6) is 5.67. The van der Waals surface area contributed by atoms with Crippen LogP contribution >= 0.6 is 0 Å². The largest absolute Gasteiger partial charge is 0.479 e. The molecule has 0 atom stereocenters. The van der Waals surface area contributed by atoms with E-state index in [9.17, 15) is 13.2 Å². The molecule has 1 amide bonds. The van der Waals surface area contributed by atoms with E-state index in [4.69, 9.17) is 4.74 Å². The summed E-state index contributed by atoms with van der Waals surface area (Å²) in [4.78, 5) is 15.5. The van der Waals surface area contributed by atoms with E-state index in [0.717, 1.165) is 16.3 Å². The van der Waals surface area contributed by atoms with Crippen LogP contribution in [0.2, 0.25) is 0 Å². The van der Waals surface area contributed by atoms with Gasteiger partial charge in [0.1, 0.15) is 12.4 Å². The van der Waals surface area contributed by atoms with Gasteiger partial charge in [0.05, 0.1) is 25.5 Å². The van der Waals surface area contributed by atoms with Crippen LogP contribution in [0.25, 0.3) is 0 Å². The second-order valence-electron chi connectivity index (χ2n) is 4.57. The minimum atomic E-state index is -3.36. The van der Waals surface area contributed by atoms with Gasteiger partial charge in [0.25, 0.3) is 0 Å². The SMILES string of the molecule is Cc1ccc(OCC#CCNC(=O)CN(C)S(C)(=O)=O)cn1. The van der Waals surface area contributed by atoms with Crippen LogP contribution in [0.15, 0.2) is 18.3 Å². The molecule has 1 aromatic rings. The third kappa shape index (κ3) is 7.06. The van der Waals surface area contributed by atoms with Crippen molar-refractivity contribution in [2.75, 3.05) is 33.0 Å². The fourth-order valence-corrected chi connectivity index (χ4v) is 1.64. The zero-order chi connectivity index (χ0) is 16.6. The maximum Gasteiger partial charge on any atom is 0.236 e. The normalized spacial score (nSPS) is 10.7. The molecule has 0 aliphatic rings. The van der Waals surface area contributed by atoms with Crippen molar-refractivity contribution in [3.63, 3.8) is 0 Å². The van der Waals surface area contributed by atoms with E-state index in [1.54, 1.807) is 12.3 Å².